The van der Waals surface area contributed by atoms with E-state index in [0.29, 0.717) is 29.4 Å². The largest absolute Gasteiger partial charge is 0.397 e. The van der Waals surface area contributed by atoms with Gasteiger partial charge in [0.05, 0.1) is 41.2 Å². The van der Waals surface area contributed by atoms with E-state index in [-0.39, 0.29) is 0 Å². The molecular formula is C64H66N6O. The number of nitrogen functional groups attached to an aromatic ring is 1. The third-order valence-electron chi connectivity index (χ3n) is 12.3. The summed E-state index contributed by atoms with van der Waals surface area (Å²) in [5, 5.41) is 8.36. The second-order valence-corrected chi connectivity index (χ2v) is 20.1. The molecule has 0 fully saturated rings. The molecule has 1 aromatic heterocycles. The lowest BCUT2D eigenvalue weighted by molar-refractivity contribution is 0.112. The van der Waals surface area contributed by atoms with Crippen molar-refractivity contribution in [2.24, 2.45) is 23.7 Å². The Morgan fingerprint density at radius 2 is 1.00 bits per heavy atom. The van der Waals surface area contributed by atoms with E-state index < -0.39 is 0 Å². The van der Waals surface area contributed by atoms with E-state index in [9.17, 15) is 4.79 Å². The quantitative estimate of drug-likeness (QED) is 0.0685. The normalized spacial score (nSPS) is 11.1. The van der Waals surface area contributed by atoms with Crippen LogP contribution in [-0.2, 0) is 25.7 Å². The number of carbonyl (C=O) groups is 1. The molecule has 9 rings (SSSR count). The minimum absolute atomic E-state index is 0.466. The molecule has 0 bridgehead atoms. The lowest BCUT2D eigenvalue weighted by Crippen LogP contribution is -2.10. The van der Waals surface area contributed by atoms with Gasteiger partial charge in [0.25, 0.3) is 0 Å². The molecule has 0 saturated carbocycles. The summed E-state index contributed by atoms with van der Waals surface area (Å²) in [4.78, 5) is 22.8. The Morgan fingerprint density at radius 3 is 1.51 bits per heavy atom. The number of carbonyl (C=O) groups excluding carboxylic acids is 1. The van der Waals surface area contributed by atoms with Gasteiger partial charge in [-0.2, -0.15) is 0 Å². The summed E-state index contributed by atoms with van der Waals surface area (Å²) in [7, 11) is 0. The van der Waals surface area contributed by atoms with Crippen molar-refractivity contribution < 1.29 is 4.79 Å². The summed E-state index contributed by atoms with van der Waals surface area (Å²) in [6, 6.07) is 53.0. The van der Waals surface area contributed by atoms with Gasteiger partial charge in [-0.15, -0.1) is 0 Å². The topological polar surface area (TPSA) is 81.7 Å². The number of aromatic nitrogens is 2. The van der Waals surface area contributed by atoms with Crippen LogP contribution in [-0.4, -0.2) is 15.8 Å². The van der Waals surface area contributed by atoms with Gasteiger partial charge in [-0.25, -0.2) is 14.7 Å². The number of nitrogens with one attached hydrogen (secondary N) is 1. The molecule has 7 heteroatoms. The maximum Gasteiger partial charge on any atom is 0.187 e. The molecule has 358 valence electrons. The number of nitrogens with two attached hydrogens (primary N) is 1. The third-order valence-corrected chi connectivity index (χ3v) is 12.3. The number of benzene rings is 8. The zero-order valence-electron chi connectivity index (χ0n) is 42.5. The van der Waals surface area contributed by atoms with Gasteiger partial charge in [-0.1, -0.05) is 201 Å². The third kappa shape index (κ3) is 12.4. The van der Waals surface area contributed by atoms with E-state index in [2.05, 4.69) is 166 Å². The molecule has 0 saturated heterocycles. The first-order chi connectivity index (χ1) is 34.3. The van der Waals surface area contributed by atoms with Crippen LogP contribution in [0.4, 0.5) is 28.4 Å². The SMILES string of the molecule is O=Cc1ccccc1.[C-]#[N+]c1cc(CC(C)C)c(-n2c(-c3ccccc3)nc3ccc4ccccc4c32)c(CC(C)C)c1.[C-]#[N+]c1cc(CC(C)C)c(Nc2c(N)ccc3ccccc23)c(CC(C)C)c1. The number of rotatable bonds is 13. The van der Waals surface area contributed by atoms with Crippen molar-refractivity contribution in [3.63, 3.8) is 0 Å². The zero-order valence-corrected chi connectivity index (χ0v) is 42.5. The highest BCUT2D eigenvalue weighted by Gasteiger charge is 2.23. The Kier molecular flexibility index (Phi) is 16.9. The van der Waals surface area contributed by atoms with Crippen LogP contribution in [0.3, 0.4) is 0 Å². The highest BCUT2D eigenvalue weighted by molar-refractivity contribution is 6.07. The van der Waals surface area contributed by atoms with Gasteiger partial charge in [0.1, 0.15) is 12.1 Å². The Labute approximate surface area is 421 Å². The van der Waals surface area contributed by atoms with Crippen LogP contribution in [0.5, 0.6) is 0 Å². The van der Waals surface area contributed by atoms with E-state index >= 15 is 0 Å². The number of anilines is 3. The Hall–Kier alpha value is -8.00. The van der Waals surface area contributed by atoms with Gasteiger partial charge in [0.15, 0.2) is 11.4 Å². The molecule has 3 N–H and O–H groups in total. The highest BCUT2D eigenvalue weighted by Crippen LogP contribution is 2.40. The minimum Gasteiger partial charge on any atom is -0.397 e. The van der Waals surface area contributed by atoms with E-state index in [4.69, 9.17) is 23.9 Å². The van der Waals surface area contributed by atoms with Crippen LogP contribution < -0.4 is 11.1 Å². The maximum atomic E-state index is 10.0. The lowest BCUT2D eigenvalue weighted by atomic mass is 9.93. The molecule has 8 aromatic carbocycles. The number of hydrogen-bond acceptors (Lipinski definition) is 4. The fourth-order valence-electron chi connectivity index (χ4n) is 9.38. The van der Waals surface area contributed by atoms with Crippen molar-refractivity contribution in [2.45, 2.75) is 81.1 Å². The molecule has 0 aliphatic heterocycles. The van der Waals surface area contributed by atoms with Gasteiger partial charge in [-0.05, 0) is 94.5 Å². The van der Waals surface area contributed by atoms with Gasteiger partial charge >= 0.3 is 0 Å². The van der Waals surface area contributed by atoms with Crippen LogP contribution in [0.15, 0.2) is 158 Å². The summed E-state index contributed by atoms with van der Waals surface area (Å²) >= 11 is 0. The number of fused-ring (bicyclic) bond motifs is 4. The Bertz CT molecular complexity index is 3290. The summed E-state index contributed by atoms with van der Waals surface area (Å²) < 4.78 is 2.39. The van der Waals surface area contributed by atoms with Crippen LogP contribution in [0.25, 0.3) is 59.3 Å². The number of aldehydes is 1. The Morgan fingerprint density at radius 1 is 0.549 bits per heavy atom. The van der Waals surface area contributed by atoms with Crippen LogP contribution >= 0.6 is 0 Å². The van der Waals surface area contributed by atoms with Crippen molar-refractivity contribution in [1.29, 1.82) is 0 Å². The van der Waals surface area contributed by atoms with Crippen LogP contribution in [0.2, 0.25) is 0 Å². The number of hydrogen-bond donors (Lipinski definition) is 2. The summed E-state index contributed by atoms with van der Waals surface area (Å²) in [5.41, 5.74) is 20.5. The van der Waals surface area contributed by atoms with Crippen molar-refractivity contribution in [2.75, 3.05) is 11.1 Å². The fourth-order valence-corrected chi connectivity index (χ4v) is 9.38. The molecule has 1 heterocycles. The van der Waals surface area contributed by atoms with Crippen molar-refractivity contribution in [3.8, 4) is 17.1 Å². The molecule has 0 amide bonds. The average molecular weight is 935 g/mol. The molecule has 9 aromatic rings. The second-order valence-electron chi connectivity index (χ2n) is 20.1. The number of imidazole rings is 1. The average Bonchev–Trinajstić information content (AvgIpc) is 3.75. The van der Waals surface area contributed by atoms with Crippen LogP contribution in [0, 0.1) is 36.8 Å². The van der Waals surface area contributed by atoms with E-state index in [1.807, 2.05) is 54.6 Å². The summed E-state index contributed by atoms with van der Waals surface area (Å²) in [6.07, 6.45) is 4.48. The standard InChI is InChI=1S/C32H31N3.C25H29N3.C7H6O/c1-21(2)17-25-19-27(33-5)20-26(18-22(3)4)30(25)35-31-28-14-10-9-11-23(28)15-16-29(31)34-32(35)24-12-7-6-8-13-24;1-16(2)12-19-14-21(27-5)15-20(13-17(3)4)24(19)28-25-22-9-7-6-8-18(22)10-11-23(25)26;8-6-7-4-2-1-3-5-7/h6-16,19-22H,17-18H2,1-4H3;6-11,14-17,28H,12-13,26H2,1-4H3;1-6H. The molecule has 0 aliphatic rings. The second kappa shape index (κ2) is 23.5. The highest BCUT2D eigenvalue weighted by atomic mass is 16.1. The maximum absolute atomic E-state index is 10.0. The van der Waals surface area contributed by atoms with Gasteiger partial charge in [0, 0.05) is 27.6 Å². The van der Waals surface area contributed by atoms with E-state index in [0.717, 1.165) is 93.5 Å². The van der Waals surface area contributed by atoms with Crippen molar-refractivity contribution in [1.82, 2.24) is 9.55 Å². The summed E-state index contributed by atoms with van der Waals surface area (Å²) in [5.74, 6) is 2.88. The Balaban J connectivity index is 0.000000184. The van der Waals surface area contributed by atoms with Crippen molar-refractivity contribution in [3.05, 3.63) is 208 Å². The monoisotopic (exact) mass is 935 g/mol. The first-order valence-corrected chi connectivity index (χ1v) is 24.8. The molecular weight excluding hydrogens is 869 g/mol. The zero-order chi connectivity index (χ0) is 50.6. The first-order valence-electron chi connectivity index (χ1n) is 24.8. The molecule has 0 spiro atoms. The van der Waals surface area contributed by atoms with Gasteiger partial charge < -0.3 is 11.1 Å². The molecule has 0 aliphatic carbocycles. The first kappa shape index (κ1) is 50.9. The van der Waals surface area contributed by atoms with Crippen LogP contribution in [0.1, 0.15) is 88.0 Å². The fraction of sp³-hybridized carbons (Fsp3) is 0.250. The molecule has 0 radical (unpaired) electrons. The molecule has 71 heavy (non-hydrogen) atoms. The van der Waals surface area contributed by atoms with Gasteiger partial charge in [-0.3, -0.25) is 9.36 Å². The van der Waals surface area contributed by atoms with Gasteiger partial charge in [0.2, 0.25) is 0 Å². The molecule has 0 unspecified atom stereocenters. The molecule has 0 atom stereocenters. The lowest BCUT2D eigenvalue weighted by Gasteiger charge is -2.22. The van der Waals surface area contributed by atoms with Crippen molar-refractivity contribution >= 4 is 67.3 Å². The predicted molar refractivity (Wildman–Crippen MR) is 301 cm³/mol. The summed E-state index contributed by atoms with van der Waals surface area (Å²) in [6.45, 7) is 33.1. The molecule has 7 nitrogen and oxygen atoms in total. The van der Waals surface area contributed by atoms with E-state index in [1.54, 1.807) is 12.1 Å². The number of nitrogens with zero attached hydrogens (tertiary/aromatic N) is 4. The minimum atomic E-state index is 0.466. The smallest absolute Gasteiger partial charge is 0.187 e. The predicted octanol–water partition coefficient (Wildman–Crippen LogP) is 17.4. The van der Waals surface area contributed by atoms with E-state index in [1.165, 1.54) is 38.7 Å².